The van der Waals surface area contributed by atoms with Crippen LogP contribution in [0.1, 0.15) is 56.3 Å². The summed E-state index contributed by atoms with van der Waals surface area (Å²) in [4.78, 5) is 25.8. The Morgan fingerprint density at radius 1 is 1.16 bits per heavy atom. The molecule has 1 atom stereocenters. The van der Waals surface area contributed by atoms with Gasteiger partial charge in [0.25, 0.3) is 5.91 Å². The Balaban J connectivity index is 1.47. The molecule has 2 fully saturated rings. The molecule has 2 saturated heterocycles. The molecule has 0 spiro atoms. The van der Waals surface area contributed by atoms with Crippen molar-refractivity contribution in [3.63, 3.8) is 0 Å². The quantitative estimate of drug-likeness (QED) is 0.887. The van der Waals surface area contributed by atoms with Crippen LogP contribution in [0.2, 0.25) is 0 Å². The lowest BCUT2D eigenvalue weighted by molar-refractivity contribution is 0.0921. The van der Waals surface area contributed by atoms with Gasteiger partial charge in [-0.2, -0.15) is 0 Å². The summed E-state index contributed by atoms with van der Waals surface area (Å²) < 4.78 is 0. The van der Waals surface area contributed by atoms with Crippen LogP contribution in [0, 0.1) is 5.92 Å². The van der Waals surface area contributed by atoms with Gasteiger partial charge in [-0.15, -0.1) is 0 Å². The van der Waals surface area contributed by atoms with Gasteiger partial charge in [0.05, 0.1) is 5.56 Å². The van der Waals surface area contributed by atoms with E-state index in [1.807, 2.05) is 0 Å². The molecule has 3 rings (SSSR count). The molecule has 1 N–H and O–H groups in total. The maximum Gasteiger partial charge on any atom is 0.254 e. The van der Waals surface area contributed by atoms with Crippen LogP contribution in [0.15, 0.2) is 12.4 Å². The zero-order valence-corrected chi connectivity index (χ0v) is 15.6. The average Bonchev–Trinajstić information content (AvgIpc) is 2.67. The Morgan fingerprint density at radius 2 is 1.80 bits per heavy atom. The summed E-state index contributed by atoms with van der Waals surface area (Å²) in [6, 6.07) is 0.366. The number of nitrogens with zero attached hydrogens (tertiary/aromatic N) is 4. The summed E-state index contributed by atoms with van der Waals surface area (Å²) >= 11 is 0. The first-order valence-corrected chi connectivity index (χ1v) is 9.72. The van der Waals surface area contributed by atoms with Gasteiger partial charge in [-0.3, -0.25) is 9.69 Å². The van der Waals surface area contributed by atoms with Crippen molar-refractivity contribution in [1.29, 1.82) is 0 Å². The lowest BCUT2D eigenvalue weighted by Gasteiger charge is -2.35. The molecule has 2 aliphatic rings. The lowest BCUT2D eigenvalue weighted by atomic mass is 9.98. The second kappa shape index (κ2) is 8.61. The van der Waals surface area contributed by atoms with Crippen LogP contribution < -0.4 is 10.2 Å². The number of hydrogen-bond donors (Lipinski definition) is 1. The van der Waals surface area contributed by atoms with Gasteiger partial charge in [0.2, 0.25) is 5.95 Å². The highest BCUT2D eigenvalue weighted by Gasteiger charge is 2.21. The van der Waals surface area contributed by atoms with Crippen LogP contribution >= 0.6 is 0 Å². The van der Waals surface area contributed by atoms with Crippen molar-refractivity contribution in [1.82, 2.24) is 20.2 Å². The van der Waals surface area contributed by atoms with E-state index in [1.54, 1.807) is 12.4 Å². The highest BCUT2D eigenvalue weighted by molar-refractivity contribution is 5.93. The van der Waals surface area contributed by atoms with Gasteiger partial charge < -0.3 is 10.2 Å². The van der Waals surface area contributed by atoms with E-state index in [-0.39, 0.29) is 5.91 Å². The van der Waals surface area contributed by atoms with Crippen molar-refractivity contribution in [2.75, 3.05) is 37.6 Å². The highest BCUT2D eigenvalue weighted by Crippen LogP contribution is 2.18. The van der Waals surface area contributed by atoms with Crippen LogP contribution in [0.4, 0.5) is 5.95 Å². The molecule has 0 radical (unpaired) electrons. The molecular weight excluding hydrogens is 314 g/mol. The Hall–Kier alpha value is -1.69. The van der Waals surface area contributed by atoms with E-state index in [4.69, 9.17) is 0 Å². The molecular formula is C19H31N5O. The molecule has 6 nitrogen and oxygen atoms in total. The monoisotopic (exact) mass is 345 g/mol. The van der Waals surface area contributed by atoms with Gasteiger partial charge in [0.15, 0.2) is 0 Å². The van der Waals surface area contributed by atoms with Crippen molar-refractivity contribution < 1.29 is 4.79 Å². The third kappa shape index (κ3) is 4.91. The highest BCUT2D eigenvalue weighted by atomic mass is 16.1. The number of likely N-dealkylation sites (tertiary alicyclic amines) is 1. The summed E-state index contributed by atoms with van der Waals surface area (Å²) in [6.07, 6.45) is 9.48. The zero-order valence-electron chi connectivity index (χ0n) is 15.6. The summed E-state index contributed by atoms with van der Waals surface area (Å²) in [5.74, 6) is 1.49. The number of rotatable bonds is 5. The zero-order chi connectivity index (χ0) is 17.6. The first-order valence-electron chi connectivity index (χ1n) is 9.72. The second-order valence-corrected chi connectivity index (χ2v) is 7.60. The molecule has 1 aromatic rings. The minimum atomic E-state index is -0.0811. The van der Waals surface area contributed by atoms with Gasteiger partial charge >= 0.3 is 0 Å². The fourth-order valence-electron chi connectivity index (χ4n) is 3.64. The largest absolute Gasteiger partial charge is 0.350 e. The van der Waals surface area contributed by atoms with E-state index in [9.17, 15) is 4.79 Å². The third-order valence-corrected chi connectivity index (χ3v) is 5.54. The van der Waals surface area contributed by atoms with E-state index in [0.717, 1.165) is 38.0 Å². The van der Waals surface area contributed by atoms with Crippen molar-refractivity contribution >= 4 is 11.9 Å². The summed E-state index contributed by atoms with van der Waals surface area (Å²) in [7, 11) is 0. The van der Waals surface area contributed by atoms with Crippen LogP contribution in [0.25, 0.3) is 0 Å². The number of carbonyl (C=O) groups is 1. The molecule has 0 bridgehead atoms. The van der Waals surface area contributed by atoms with Crippen LogP contribution in [0.3, 0.4) is 0 Å². The van der Waals surface area contributed by atoms with Crippen LogP contribution in [-0.2, 0) is 0 Å². The van der Waals surface area contributed by atoms with Crippen molar-refractivity contribution in [2.24, 2.45) is 5.92 Å². The molecule has 138 valence electrons. The first kappa shape index (κ1) is 18.1. The van der Waals surface area contributed by atoms with E-state index >= 15 is 0 Å². The van der Waals surface area contributed by atoms with Gasteiger partial charge in [-0.05, 0) is 58.0 Å². The maximum atomic E-state index is 12.3. The van der Waals surface area contributed by atoms with Gasteiger partial charge in [-0.1, -0.05) is 6.92 Å². The Bertz CT molecular complexity index is 547. The number of anilines is 1. The van der Waals surface area contributed by atoms with Crippen molar-refractivity contribution in [3.8, 4) is 0 Å². The fourth-order valence-corrected chi connectivity index (χ4v) is 3.64. The summed E-state index contributed by atoms with van der Waals surface area (Å²) in [5.41, 5.74) is 0.542. The molecule has 6 heteroatoms. The first-order chi connectivity index (χ1) is 12.1. The second-order valence-electron chi connectivity index (χ2n) is 7.60. The molecule has 0 unspecified atom stereocenters. The molecule has 0 saturated carbocycles. The number of amides is 1. The number of carbonyl (C=O) groups excluding carboxylic acids is 1. The SMILES string of the molecule is CC1CCN([C@@H](C)CNC(=O)c2cnc(N3CCCCC3)nc2)CC1. The predicted molar refractivity (Wildman–Crippen MR) is 99.9 cm³/mol. The number of aromatic nitrogens is 2. The summed E-state index contributed by atoms with van der Waals surface area (Å²) in [5, 5.41) is 3.03. The number of piperidine rings is 2. The molecule has 0 aliphatic carbocycles. The average molecular weight is 345 g/mol. The molecule has 0 aromatic carbocycles. The molecule has 1 aromatic heterocycles. The minimum absolute atomic E-state index is 0.0811. The fraction of sp³-hybridized carbons (Fsp3) is 0.737. The van der Waals surface area contributed by atoms with E-state index in [0.29, 0.717) is 18.2 Å². The maximum absolute atomic E-state index is 12.3. The number of nitrogens with one attached hydrogen (secondary N) is 1. The van der Waals surface area contributed by atoms with Gasteiger partial charge in [0.1, 0.15) is 0 Å². The smallest absolute Gasteiger partial charge is 0.254 e. The van der Waals surface area contributed by atoms with Crippen molar-refractivity contribution in [2.45, 2.75) is 52.0 Å². The Labute approximate surface area is 151 Å². The Morgan fingerprint density at radius 3 is 2.44 bits per heavy atom. The topological polar surface area (TPSA) is 61.4 Å². The van der Waals surface area contributed by atoms with E-state index in [1.165, 1.54) is 32.1 Å². The number of hydrogen-bond acceptors (Lipinski definition) is 5. The minimum Gasteiger partial charge on any atom is -0.350 e. The normalized spacial score (nSPS) is 21.1. The van der Waals surface area contributed by atoms with Gasteiger partial charge in [0, 0.05) is 38.1 Å². The predicted octanol–water partition coefficient (Wildman–Crippen LogP) is 2.32. The lowest BCUT2D eigenvalue weighted by Crippen LogP contribution is -2.45. The van der Waals surface area contributed by atoms with Crippen molar-refractivity contribution in [3.05, 3.63) is 18.0 Å². The molecule has 1 amide bonds. The molecule has 2 aliphatic heterocycles. The Kier molecular flexibility index (Phi) is 6.24. The molecule has 25 heavy (non-hydrogen) atoms. The van der Waals surface area contributed by atoms with Gasteiger partial charge in [-0.25, -0.2) is 9.97 Å². The molecule has 3 heterocycles. The van der Waals surface area contributed by atoms with Crippen LogP contribution in [0.5, 0.6) is 0 Å². The van der Waals surface area contributed by atoms with Crippen LogP contribution in [-0.4, -0.2) is 59.5 Å². The van der Waals surface area contributed by atoms with E-state index < -0.39 is 0 Å². The third-order valence-electron chi connectivity index (χ3n) is 5.54. The standard InChI is InChI=1S/C19H31N5O/c1-15-6-10-23(11-7-15)16(2)12-20-18(25)17-13-21-19(22-14-17)24-8-4-3-5-9-24/h13-16H,3-12H2,1-2H3,(H,20,25)/t16-/m0/s1. The summed E-state index contributed by atoms with van der Waals surface area (Å²) in [6.45, 7) is 9.46. The van der Waals surface area contributed by atoms with E-state index in [2.05, 4.69) is 38.9 Å².